The number of carboxylic acid groups (broad SMARTS) is 1. The topological polar surface area (TPSA) is 135 Å². The van der Waals surface area contributed by atoms with Crippen LogP contribution in [0.1, 0.15) is 31.7 Å². The summed E-state index contributed by atoms with van der Waals surface area (Å²) in [5, 5.41) is 10.3. The van der Waals surface area contributed by atoms with Crippen LogP contribution in [0.15, 0.2) is 88.8 Å². The summed E-state index contributed by atoms with van der Waals surface area (Å²) >= 11 is 0. The molecular formula is C29H31N3O7S2. The van der Waals surface area contributed by atoms with E-state index in [9.17, 15) is 26.7 Å². The van der Waals surface area contributed by atoms with Crippen LogP contribution in [0, 0.1) is 0 Å². The molecule has 1 saturated heterocycles. The Bertz CT molecular complexity index is 1780. The zero-order chi connectivity index (χ0) is 29.4. The molecule has 0 radical (unpaired) electrons. The number of carbonyl (C=O) groups is 1. The van der Waals surface area contributed by atoms with E-state index >= 15 is 0 Å². The van der Waals surface area contributed by atoms with Crippen molar-refractivity contribution in [2.45, 2.75) is 48.6 Å². The Morgan fingerprint density at radius 3 is 2.37 bits per heavy atom. The van der Waals surface area contributed by atoms with Crippen molar-refractivity contribution in [1.82, 2.24) is 8.87 Å². The van der Waals surface area contributed by atoms with E-state index in [1.807, 2.05) is 13.8 Å². The van der Waals surface area contributed by atoms with E-state index in [4.69, 9.17) is 4.74 Å². The van der Waals surface area contributed by atoms with Crippen LogP contribution in [0.3, 0.4) is 0 Å². The first kappa shape index (κ1) is 28.7. The van der Waals surface area contributed by atoms with Gasteiger partial charge in [-0.15, -0.1) is 0 Å². The number of hydrogen-bond donors (Lipinski definition) is 2. The summed E-state index contributed by atoms with van der Waals surface area (Å²) in [6.45, 7) is 4.02. The third-order valence-electron chi connectivity index (χ3n) is 6.95. The van der Waals surface area contributed by atoms with Crippen molar-refractivity contribution >= 4 is 42.6 Å². The average Bonchev–Trinajstić information content (AvgIpc) is 3.55. The monoisotopic (exact) mass is 597 g/mol. The van der Waals surface area contributed by atoms with Gasteiger partial charge in [-0.1, -0.05) is 24.3 Å². The second-order valence-electron chi connectivity index (χ2n) is 10.2. The molecule has 1 aliphatic rings. The minimum atomic E-state index is -3.84. The Morgan fingerprint density at radius 2 is 1.71 bits per heavy atom. The van der Waals surface area contributed by atoms with Gasteiger partial charge in [0.2, 0.25) is 10.0 Å². The van der Waals surface area contributed by atoms with E-state index in [1.54, 1.807) is 59.3 Å². The number of carboxylic acids is 1. The molecule has 0 saturated carbocycles. The van der Waals surface area contributed by atoms with Crippen LogP contribution in [-0.4, -0.2) is 56.0 Å². The van der Waals surface area contributed by atoms with Gasteiger partial charge >= 0.3 is 5.97 Å². The molecule has 41 heavy (non-hydrogen) atoms. The summed E-state index contributed by atoms with van der Waals surface area (Å²) in [5.74, 6) is -0.628. The van der Waals surface area contributed by atoms with E-state index in [0.29, 0.717) is 24.2 Å². The fraction of sp³-hybridized carbons (Fsp3) is 0.276. The van der Waals surface area contributed by atoms with Crippen molar-refractivity contribution in [3.63, 3.8) is 0 Å². The Balaban J connectivity index is 1.42. The maximum atomic E-state index is 13.4. The second kappa shape index (κ2) is 11.2. The van der Waals surface area contributed by atoms with Crippen LogP contribution in [0.25, 0.3) is 10.9 Å². The van der Waals surface area contributed by atoms with E-state index in [1.165, 1.54) is 28.6 Å². The van der Waals surface area contributed by atoms with Crippen molar-refractivity contribution in [2.24, 2.45) is 0 Å². The fourth-order valence-corrected chi connectivity index (χ4v) is 7.68. The van der Waals surface area contributed by atoms with Gasteiger partial charge in [0.1, 0.15) is 12.3 Å². The molecule has 216 valence electrons. The lowest BCUT2D eigenvalue weighted by atomic mass is 9.98. The van der Waals surface area contributed by atoms with Gasteiger partial charge in [-0.25, -0.2) is 16.8 Å². The van der Waals surface area contributed by atoms with Crippen LogP contribution < -0.4 is 9.46 Å². The number of rotatable bonds is 10. The molecule has 1 fully saturated rings. The number of anilines is 1. The number of ether oxygens (including phenoxy) is 1. The van der Waals surface area contributed by atoms with Gasteiger partial charge in [-0.2, -0.15) is 4.31 Å². The number of hydrogen-bond acceptors (Lipinski definition) is 6. The highest BCUT2D eigenvalue weighted by molar-refractivity contribution is 7.92. The molecular weight excluding hydrogens is 566 g/mol. The second-order valence-corrected chi connectivity index (χ2v) is 13.9. The maximum Gasteiger partial charge on any atom is 0.323 e. The lowest BCUT2D eigenvalue weighted by molar-refractivity contribution is -0.137. The van der Waals surface area contributed by atoms with Gasteiger partial charge in [-0.3, -0.25) is 9.52 Å². The molecule has 3 aromatic carbocycles. The van der Waals surface area contributed by atoms with Crippen LogP contribution in [0.2, 0.25) is 0 Å². The molecule has 2 N–H and O–H groups in total. The van der Waals surface area contributed by atoms with Crippen LogP contribution >= 0.6 is 0 Å². The third-order valence-corrected chi connectivity index (χ3v) is 10.2. The van der Waals surface area contributed by atoms with Gasteiger partial charge in [-0.05, 0) is 74.4 Å². The highest BCUT2D eigenvalue weighted by Crippen LogP contribution is 2.37. The molecule has 1 aliphatic heterocycles. The highest BCUT2D eigenvalue weighted by atomic mass is 32.2. The number of nitrogens with one attached hydrogen (secondary N) is 1. The number of aromatic nitrogens is 1. The number of sulfonamides is 2. The lowest BCUT2D eigenvalue weighted by Gasteiger charge is -2.17. The highest BCUT2D eigenvalue weighted by Gasteiger charge is 2.34. The first-order valence-corrected chi connectivity index (χ1v) is 16.1. The van der Waals surface area contributed by atoms with Crippen molar-refractivity contribution in [3.8, 4) is 5.75 Å². The number of fused-ring (bicyclic) bond motifs is 1. The molecule has 2 heterocycles. The number of nitrogens with zero attached hydrogens (tertiary/aromatic N) is 2. The number of benzene rings is 3. The zero-order valence-electron chi connectivity index (χ0n) is 22.6. The summed E-state index contributed by atoms with van der Waals surface area (Å²) in [4.78, 5) is 11.9. The molecule has 0 spiro atoms. The smallest absolute Gasteiger partial charge is 0.323 e. The van der Waals surface area contributed by atoms with E-state index in [2.05, 4.69) is 4.72 Å². The van der Waals surface area contributed by atoms with Gasteiger partial charge in [0, 0.05) is 30.6 Å². The Kier molecular flexibility index (Phi) is 7.82. The molecule has 4 aromatic rings. The first-order chi connectivity index (χ1) is 19.4. The van der Waals surface area contributed by atoms with E-state index < -0.39 is 26.0 Å². The van der Waals surface area contributed by atoms with Crippen LogP contribution in [-0.2, 0) is 31.4 Å². The largest absolute Gasteiger partial charge is 0.491 e. The fourth-order valence-electron chi connectivity index (χ4n) is 5.11. The predicted molar refractivity (Wildman–Crippen MR) is 155 cm³/mol. The van der Waals surface area contributed by atoms with Crippen LogP contribution in [0.4, 0.5) is 5.69 Å². The molecule has 5 rings (SSSR count). The zero-order valence-corrected chi connectivity index (χ0v) is 24.2. The standard InChI is InChI=1S/C29H31N3O7S2/c1-20(2)39-23-9-11-25(12-10-23)41(37,38)32-15-14-21(17-32)27-18-31(19-29(33)34)28-16-22(8-13-26(27)28)30-40(35,36)24-6-4-3-5-7-24/h3-13,16,18,20-21,30H,14-15,17,19H2,1-2H3,(H,33,34). The minimum Gasteiger partial charge on any atom is -0.491 e. The Hall–Kier alpha value is -3.87. The number of aliphatic carboxylic acids is 1. The molecule has 0 bridgehead atoms. The van der Waals surface area contributed by atoms with Crippen molar-refractivity contribution in [1.29, 1.82) is 0 Å². The molecule has 12 heteroatoms. The molecule has 1 aromatic heterocycles. The predicted octanol–water partition coefficient (Wildman–Crippen LogP) is 4.49. The average molecular weight is 598 g/mol. The summed E-state index contributed by atoms with van der Waals surface area (Å²) < 4.78 is 63.7. The summed E-state index contributed by atoms with van der Waals surface area (Å²) in [6.07, 6.45) is 2.26. The first-order valence-electron chi connectivity index (χ1n) is 13.1. The molecule has 1 atom stereocenters. The van der Waals surface area contributed by atoms with Crippen molar-refractivity contribution < 1.29 is 31.5 Å². The van der Waals surface area contributed by atoms with Gasteiger partial charge in [0.25, 0.3) is 10.0 Å². The molecule has 1 unspecified atom stereocenters. The lowest BCUT2D eigenvalue weighted by Crippen LogP contribution is -2.28. The maximum absolute atomic E-state index is 13.4. The Morgan fingerprint density at radius 1 is 1.00 bits per heavy atom. The van der Waals surface area contributed by atoms with Crippen molar-refractivity contribution in [2.75, 3.05) is 17.8 Å². The van der Waals surface area contributed by atoms with Crippen molar-refractivity contribution in [3.05, 3.63) is 84.6 Å². The quantitative estimate of drug-likeness (QED) is 0.275. The Labute approximate surface area is 239 Å². The summed E-state index contributed by atoms with van der Waals surface area (Å²) in [7, 11) is -7.59. The summed E-state index contributed by atoms with van der Waals surface area (Å²) in [6, 6.07) is 19.3. The van der Waals surface area contributed by atoms with Gasteiger partial charge in [0.15, 0.2) is 0 Å². The molecule has 0 aliphatic carbocycles. The molecule has 10 nitrogen and oxygen atoms in total. The summed E-state index contributed by atoms with van der Waals surface area (Å²) in [5.41, 5.74) is 1.65. The van der Waals surface area contributed by atoms with Crippen LogP contribution in [0.5, 0.6) is 5.75 Å². The SMILES string of the molecule is CC(C)Oc1ccc(S(=O)(=O)N2CCC(c3cn(CC(=O)O)c4cc(NS(=O)(=O)c5ccccc5)ccc34)C2)cc1. The van der Waals surface area contributed by atoms with Gasteiger partial charge < -0.3 is 14.4 Å². The molecule has 0 amide bonds. The minimum absolute atomic E-state index is 0.0276. The van der Waals surface area contributed by atoms with E-state index in [-0.39, 0.29) is 40.6 Å². The van der Waals surface area contributed by atoms with Gasteiger partial charge in [0.05, 0.1) is 27.1 Å². The van der Waals surface area contributed by atoms with E-state index in [0.717, 1.165) is 10.9 Å². The third kappa shape index (κ3) is 6.09. The normalized spacial score (nSPS) is 16.3.